The van der Waals surface area contributed by atoms with Crippen LogP contribution in [0.3, 0.4) is 0 Å². The fraction of sp³-hybridized carbons (Fsp3) is 0.0219. The average molecular weight is 1740 g/mol. The van der Waals surface area contributed by atoms with E-state index >= 15 is 0 Å². The molecule has 0 unspecified atom stereocenters. The van der Waals surface area contributed by atoms with Gasteiger partial charge in [0.25, 0.3) is 0 Å². The molecule has 0 aromatic heterocycles. The number of hydrogen-bond acceptors (Lipinski definition) is 0. The quantitative estimate of drug-likeness (QED) is 0.0998. The Hall–Kier alpha value is -17.4. The first-order valence-electron chi connectivity index (χ1n) is 47.8. The predicted octanol–water partition coefficient (Wildman–Crippen LogP) is 38.5. The molecule has 0 spiro atoms. The lowest BCUT2D eigenvalue weighted by Gasteiger charge is -2.23. The Labute approximate surface area is 796 Å². The van der Waals surface area contributed by atoms with Gasteiger partial charge in [0.2, 0.25) is 0 Å². The van der Waals surface area contributed by atoms with Gasteiger partial charge in [-0.2, -0.15) is 0 Å². The van der Waals surface area contributed by atoms with E-state index in [1.807, 2.05) is 0 Å². The molecule has 0 atom stereocenters. The molecule has 27 aromatic carbocycles. The van der Waals surface area contributed by atoms with Crippen molar-refractivity contribution >= 4 is 151 Å². The molecule has 0 N–H and O–H groups in total. The van der Waals surface area contributed by atoms with Gasteiger partial charge in [0.15, 0.2) is 0 Å². The first-order chi connectivity index (χ1) is 67.8. The zero-order chi connectivity index (χ0) is 90.8. The van der Waals surface area contributed by atoms with Crippen LogP contribution in [-0.2, 0) is 5.41 Å². The van der Waals surface area contributed by atoms with E-state index in [2.05, 4.69) is 523 Å². The zero-order valence-corrected chi connectivity index (χ0v) is 76.0. The van der Waals surface area contributed by atoms with Gasteiger partial charge in [0.1, 0.15) is 0 Å². The Balaban J connectivity index is 0.000000107. The molecule has 0 saturated heterocycles. The minimum atomic E-state index is -0.0676. The lowest BCUT2D eigenvalue weighted by molar-refractivity contribution is 0.660. The van der Waals surface area contributed by atoms with E-state index in [1.54, 1.807) is 0 Å². The molecule has 1 aliphatic rings. The summed E-state index contributed by atoms with van der Waals surface area (Å²) >= 11 is 0. The molecule has 27 aromatic rings. The molecule has 0 heterocycles. The summed E-state index contributed by atoms with van der Waals surface area (Å²) in [5.74, 6) is 0. The SMILES string of the molecule is CC1(C)c2ccccc2-c2ccc(-c3c4ccccc4c(-c4ccccc4)c4cc(-c5cc6ccccc6c6ccccc56)ccc34)cc21.c1ccc(-c2c3ccccc3c(-c3ccc4ccccc4c3)c3ccc(-c4cc5ccccc5c5ccccc45)cc23)cc1.c1ccc(-c2c3ccccc3c(-c3cccc4ccccc34)c3ccc(-c4cc5ccccc5c5ccccc45)cc23)cc1. The Morgan fingerprint density at radius 3 is 0.803 bits per heavy atom. The predicted molar refractivity (Wildman–Crippen MR) is 591 cm³/mol. The summed E-state index contributed by atoms with van der Waals surface area (Å²) in [7, 11) is 0. The number of benzene rings is 27. The molecule has 1 aliphatic carbocycles. The van der Waals surface area contributed by atoms with Gasteiger partial charge in [-0.1, -0.05) is 475 Å². The summed E-state index contributed by atoms with van der Waals surface area (Å²) in [5, 5.41) is 35.7. The van der Waals surface area contributed by atoms with Crippen molar-refractivity contribution < 1.29 is 0 Å². The van der Waals surface area contributed by atoms with E-state index in [4.69, 9.17) is 0 Å². The van der Waals surface area contributed by atoms with Crippen LogP contribution in [0.2, 0.25) is 0 Å². The van der Waals surface area contributed by atoms with Crippen LogP contribution in [0, 0.1) is 0 Å². The standard InChI is InChI=1S/C49H34.2C44H28/c1-49(2)45-23-13-12-20-38(45)39-26-25-34(30-46(39)49)48-41-22-11-10-21-40(41)47(31-14-4-3-5-15-31)44-29-33(24-27-42(44)48)43-28-32-16-6-7-17-35(32)36-18-8-9-19-37(36)43;1-2-14-30(15-3-1)43-38-22-10-11-23-39(38)44(37-24-12-17-29-13-4-6-18-33(29)37)40-26-25-32(28-42(40)43)41-27-31-16-5-7-19-34(31)35-20-8-9-21-36(35)41;1-2-13-30(14-3-1)43-38-20-10-11-21-39(38)44(34-23-22-29-12-4-5-15-31(29)26-34)40-25-24-33(28-42(40)43)41-27-32-16-6-7-17-35(32)36-18-8-9-19-37(36)41/h3-30H,1-2H3;2*1-28H. The third-order valence-electron chi connectivity index (χ3n) is 29.5. The van der Waals surface area contributed by atoms with Crippen LogP contribution in [0.25, 0.3) is 262 Å². The van der Waals surface area contributed by atoms with Gasteiger partial charge in [-0.05, 0) is 322 Å². The zero-order valence-electron chi connectivity index (χ0n) is 76.0. The average Bonchev–Trinajstić information content (AvgIpc) is 0.969. The second-order valence-corrected chi connectivity index (χ2v) is 37.4. The fourth-order valence-corrected chi connectivity index (χ4v) is 23.2. The first kappa shape index (κ1) is 80.4. The molecule has 0 heteroatoms. The van der Waals surface area contributed by atoms with Crippen LogP contribution in [0.15, 0.2) is 510 Å². The third kappa shape index (κ3) is 13.5. The lowest BCUT2D eigenvalue weighted by Crippen LogP contribution is -2.14. The van der Waals surface area contributed by atoms with Crippen molar-refractivity contribution in [3.05, 3.63) is 521 Å². The fourth-order valence-electron chi connectivity index (χ4n) is 23.2. The van der Waals surface area contributed by atoms with Crippen molar-refractivity contribution in [2.45, 2.75) is 19.3 Å². The van der Waals surface area contributed by atoms with E-state index < -0.39 is 0 Å². The number of hydrogen-bond donors (Lipinski definition) is 0. The van der Waals surface area contributed by atoms with Crippen LogP contribution in [0.4, 0.5) is 0 Å². The van der Waals surface area contributed by atoms with Gasteiger partial charge in [0.05, 0.1) is 0 Å². The van der Waals surface area contributed by atoms with Gasteiger partial charge in [-0.25, -0.2) is 0 Å². The number of fused-ring (bicyclic) bond motifs is 20. The van der Waals surface area contributed by atoms with Crippen molar-refractivity contribution in [3.63, 3.8) is 0 Å². The normalized spacial score (nSPS) is 12.2. The van der Waals surface area contributed by atoms with E-state index in [0.29, 0.717) is 0 Å². The highest BCUT2D eigenvalue weighted by Crippen LogP contribution is 2.55. The van der Waals surface area contributed by atoms with E-state index in [-0.39, 0.29) is 5.41 Å². The summed E-state index contributed by atoms with van der Waals surface area (Å²) in [6.07, 6.45) is 0. The monoisotopic (exact) mass is 1730 g/mol. The maximum atomic E-state index is 2.48. The van der Waals surface area contributed by atoms with Crippen molar-refractivity contribution in [3.8, 4) is 111 Å². The molecule has 0 bridgehead atoms. The molecule has 0 fully saturated rings. The molecular formula is C137H90. The van der Waals surface area contributed by atoms with Crippen molar-refractivity contribution in [1.82, 2.24) is 0 Å². The van der Waals surface area contributed by atoms with Gasteiger partial charge >= 0.3 is 0 Å². The highest BCUT2D eigenvalue weighted by molar-refractivity contribution is 6.28. The third-order valence-corrected chi connectivity index (χ3v) is 29.5. The highest BCUT2D eigenvalue weighted by Gasteiger charge is 2.36. The van der Waals surface area contributed by atoms with E-state index in [0.717, 1.165) is 0 Å². The Bertz CT molecular complexity index is 9600. The van der Waals surface area contributed by atoms with Crippen molar-refractivity contribution in [1.29, 1.82) is 0 Å². The number of rotatable bonds is 9. The summed E-state index contributed by atoms with van der Waals surface area (Å²) in [4.78, 5) is 0. The Morgan fingerprint density at radius 1 is 0.109 bits per heavy atom. The Morgan fingerprint density at radius 2 is 0.380 bits per heavy atom. The molecule has 638 valence electrons. The summed E-state index contributed by atoms with van der Waals surface area (Å²) in [5.41, 5.74) is 28.2. The summed E-state index contributed by atoms with van der Waals surface area (Å²) in [6, 6.07) is 188. The van der Waals surface area contributed by atoms with Crippen LogP contribution in [0.5, 0.6) is 0 Å². The molecule has 137 heavy (non-hydrogen) atoms. The van der Waals surface area contributed by atoms with Crippen LogP contribution in [-0.4, -0.2) is 0 Å². The van der Waals surface area contributed by atoms with Gasteiger partial charge in [0, 0.05) is 5.41 Å². The van der Waals surface area contributed by atoms with E-state index in [9.17, 15) is 0 Å². The molecule has 28 rings (SSSR count). The van der Waals surface area contributed by atoms with Crippen molar-refractivity contribution in [2.24, 2.45) is 0 Å². The van der Waals surface area contributed by atoms with Gasteiger partial charge in [-0.15, -0.1) is 0 Å². The van der Waals surface area contributed by atoms with Crippen molar-refractivity contribution in [2.75, 3.05) is 0 Å². The van der Waals surface area contributed by atoms with Gasteiger partial charge in [-0.3, -0.25) is 0 Å². The van der Waals surface area contributed by atoms with Crippen LogP contribution < -0.4 is 0 Å². The Kier molecular flexibility index (Phi) is 19.4. The topological polar surface area (TPSA) is 0 Å². The van der Waals surface area contributed by atoms with Gasteiger partial charge < -0.3 is 0 Å². The molecule has 0 amide bonds. The summed E-state index contributed by atoms with van der Waals surface area (Å²) in [6.45, 7) is 4.74. The first-order valence-corrected chi connectivity index (χ1v) is 47.8. The molecule has 0 aliphatic heterocycles. The largest absolute Gasteiger partial charge is 0.0622 e. The second-order valence-electron chi connectivity index (χ2n) is 37.4. The molecular weight excluding hydrogens is 1650 g/mol. The highest BCUT2D eigenvalue weighted by atomic mass is 14.4. The maximum Gasteiger partial charge on any atom is 0.0159 e. The van der Waals surface area contributed by atoms with Crippen LogP contribution >= 0.6 is 0 Å². The van der Waals surface area contributed by atoms with E-state index in [1.165, 1.54) is 273 Å². The maximum absolute atomic E-state index is 2.48. The summed E-state index contributed by atoms with van der Waals surface area (Å²) < 4.78 is 0. The smallest absolute Gasteiger partial charge is 0.0159 e. The lowest BCUT2D eigenvalue weighted by atomic mass is 9.80. The van der Waals surface area contributed by atoms with Crippen LogP contribution in [0.1, 0.15) is 25.0 Å². The molecule has 0 nitrogen and oxygen atoms in total. The molecule has 0 radical (unpaired) electrons. The molecule has 0 saturated carbocycles. The minimum absolute atomic E-state index is 0.0676. The minimum Gasteiger partial charge on any atom is -0.0622 e. The second kappa shape index (κ2) is 33.1.